The summed E-state index contributed by atoms with van der Waals surface area (Å²) in [6, 6.07) is 49.5. The molecule has 0 unspecified atom stereocenters. The van der Waals surface area contributed by atoms with Crippen molar-refractivity contribution in [3.63, 3.8) is 0 Å². The first-order valence-electron chi connectivity index (χ1n) is 13.2. The molecular weight excluding hydrogens is 506 g/mol. The largest absolute Gasteiger partial charge is 0.331 e. The van der Waals surface area contributed by atoms with E-state index in [-0.39, 0.29) is 0 Å². The SMILES string of the molecule is C[Si](C)(Cl)CCCN1[Si](c2ccccc2)(c2ccccc2)CC[Si]1(c1ccccc1)c1ccccc1. The maximum Gasteiger partial charge on any atom is 0.186 e. The molecule has 0 saturated carbocycles. The van der Waals surface area contributed by atoms with Crippen LogP contribution in [0.25, 0.3) is 0 Å². The molecule has 0 atom stereocenters. The summed E-state index contributed by atoms with van der Waals surface area (Å²) in [6.07, 6.45) is 1.16. The van der Waals surface area contributed by atoms with Crippen LogP contribution in [0.4, 0.5) is 0 Å². The molecule has 1 heterocycles. The highest BCUT2D eigenvalue weighted by atomic mass is 35.6. The molecule has 0 radical (unpaired) electrons. The molecule has 1 saturated heterocycles. The molecule has 0 spiro atoms. The van der Waals surface area contributed by atoms with Crippen molar-refractivity contribution in [3.8, 4) is 0 Å². The minimum Gasteiger partial charge on any atom is -0.331 e. The first-order valence-corrected chi connectivity index (χ1v) is 21.7. The lowest BCUT2D eigenvalue weighted by atomic mass is 10.4. The highest BCUT2D eigenvalue weighted by Gasteiger charge is 2.60. The van der Waals surface area contributed by atoms with Gasteiger partial charge in [-0.3, -0.25) is 0 Å². The van der Waals surface area contributed by atoms with Crippen LogP contribution in [0.3, 0.4) is 0 Å². The van der Waals surface area contributed by atoms with Crippen molar-refractivity contribution >= 4 is 55.7 Å². The van der Waals surface area contributed by atoms with Crippen molar-refractivity contribution < 1.29 is 0 Å². The molecule has 184 valence electrons. The standard InChI is InChI=1S/C31H36ClNSi3/c1-34(2,32)25-15-24-33-35(28-16-7-3-8-17-28,29-18-9-4-10-19-29)26-27-36(33,30-20-11-5-12-21-30)31-22-13-6-14-23-31/h3-14,16-23H,15,24-27H2,1-2H3. The first-order chi connectivity index (χ1) is 17.5. The Morgan fingerprint density at radius 2 is 0.889 bits per heavy atom. The van der Waals surface area contributed by atoms with Crippen LogP contribution in [0, 0.1) is 0 Å². The number of hydrogen-bond acceptors (Lipinski definition) is 1. The van der Waals surface area contributed by atoms with Crippen LogP contribution in [0.2, 0.25) is 31.2 Å². The van der Waals surface area contributed by atoms with E-state index in [4.69, 9.17) is 11.1 Å². The van der Waals surface area contributed by atoms with Gasteiger partial charge in [0.05, 0.1) is 0 Å². The molecule has 1 nitrogen and oxygen atoms in total. The van der Waals surface area contributed by atoms with Gasteiger partial charge < -0.3 is 4.23 Å². The van der Waals surface area contributed by atoms with Crippen molar-refractivity contribution in [1.82, 2.24) is 4.23 Å². The van der Waals surface area contributed by atoms with Gasteiger partial charge >= 0.3 is 0 Å². The second-order valence-electron chi connectivity index (χ2n) is 10.7. The summed E-state index contributed by atoms with van der Waals surface area (Å²) >= 11 is 6.87. The molecule has 4 aromatic rings. The lowest BCUT2D eigenvalue weighted by Crippen LogP contribution is -2.78. The predicted octanol–water partition coefficient (Wildman–Crippen LogP) is 5.66. The smallest absolute Gasteiger partial charge is 0.186 e. The summed E-state index contributed by atoms with van der Waals surface area (Å²) in [4.78, 5) is 0. The highest BCUT2D eigenvalue weighted by molar-refractivity contribution is 7.19. The van der Waals surface area contributed by atoms with E-state index in [0.29, 0.717) is 0 Å². The number of hydrogen-bond donors (Lipinski definition) is 0. The summed E-state index contributed by atoms with van der Waals surface area (Å²) in [5.74, 6) is 0. The van der Waals surface area contributed by atoms with Crippen LogP contribution >= 0.6 is 11.1 Å². The third-order valence-electron chi connectivity index (χ3n) is 7.93. The van der Waals surface area contributed by atoms with Gasteiger partial charge in [0.1, 0.15) is 0 Å². The molecule has 1 aliphatic heterocycles. The van der Waals surface area contributed by atoms with Crippen LogP contribution in [0.5, 0.6) is 0 Å². The maximum atomic E-state index is 6.87. The highest BCUT2D eigenvalue weighted by Crippen LogP contribution is 2.37. The predicted molar refractivity (Wildman–Crippen MR) is 165 cm³/mol. The van der Waals surface area contributed by atoms with Gasteiger partial charge in [-0.15, -0.1) is 0 Å². The first kappa shape index (κ1) is 25.4. The quantitative estimate of drug-likeness (QED) is 0.205. The van der Waals surface area contributed by atoms with Gasteiger partial charge in [0.15, 0.2) is 23.9 Å². The Labute approximate surface area is 224 Å². The fourth-order valence-electron chi connectivity index (χ4n) is 6.39. The van der Waals surface area contributed by atoms with Gasteiger partial charge in [-0.25, -0.2) is 0 Å². The minimum absolute atomic E-state index is 1.11. The van der Waals surface area contributed by atoms with E-state index in [0.717, 1.165) is 19.0 Å². The van der Waals surface area contributed by atoms with Crippen LogP contribution < -0.4 is 20.7 Å². The molecule has 0 bridgehead atoms. The summed E-state index contributed by atoms with van der Waals surface area (Å²) in [6.45, 7) is 5.68. The fourth-order valence-corrected chi connectivity index (χ4v) is 23.2. The van der Waals surface area contributed by atoms with Crippen LogP contribution in [0.1, 0.15) is 6.42 Å². The Bertz CT molecular complexity index is 1070. The van der Waals surface area contributed by atoms with Gasteiger partial charge in [-0.05, 0) is 51.8 Å². The van der Waals surface area contributed by atoms with Gasteiger partial charge in [0.25, 0.3) is 0 Å². The van der Waals surface area contributed by atoms with Gasteiger partial charge in [-0.1, -0.05) is 134 Å². The zero-order valence-corrected chi connectivity index (χ0v) is 25.2. The van der Waals surface area contributed by atoms with E-state index < -0.39 is 23.9 Å². The van der Waals surface area contributed by atoms with E-state index in [1.165, 1.54) is 12.1 Å². The average molecular weight is 542 g/mol. The Morgan fingerprint density at radius 3 is 1.17 bits per heavy atom. The maximum absolute atomic E-state index is 6.87. The number of rotatable bonds is 8. The molecule has 36 heavy (non-hydrogen) atoms. The fraction of sp³-hybridized carbons (Fsp3) is 0.226. The number of halogens is 1. The van der Waals surface area contributed by atoms with Crippen molar-refractivity contribution in [2.24, 2.45) is 0 Å². The van der Waals surface area contributed by atoms with Crippen LogP contribution in [-0.2, 0) is 0 Å². The van der Waals surface area contributed by atoms with Crippen LogP contribution in [0.15, 0.2) is 121 Å². The van der Waals surface area contributed by atoms with Gasteiger partial charge in [0, 0.05) is 0 Å². The Kier molecular flexibility index (Phi) is 7.52. The minimum atomic E-state index is -2.24. The zero-order chi connectivity index (χ0) is 25.1. The van der Waals surface area contributed by atoms with Crippen molar-refractivity contribution in [2.45, 2.75) is 37.6 Å². The molecule has 5 heteroatoms. The molecule has 1 aliphatic rings. The van der Waals surface area contributed by atoms with Crippen molar-refractivity contribution in [3.05, 3.63) is 121 Å². The summed E-state index contributed by atoms with van der Waals surface area (Å²) < 4.78 is 3.12. The molecule has 4 aromatic carbocycles. The lowest BCUT2D eigenvalue weighted by Gasteiger charge is -2.47. The molecule has 0 aliphatic carbocycles. The Morgan fingerprint density at radius 1 is 0.583 bits per heavy atom. The third-order valence-corrected chi connectivity index (χ3v) is 22.2. The molecule has 5 rings (SSSR count). The van der Waals surface area contributed by atoms with Crippen LogP contribution in [-0.4, -0.2) is 34.6 Å². The Hall–Kier alpha value is -2.22. The second kappa shape index (κ2) is 10.6. The van der Waals surface area contributed by atoms with Gasteiger partial charge in [0.2, 0.25) is 0 Å². The normalized spacial score (nSPS) is 17.2. The van der Waals surface area contributed by atoms with Crippen molar-refractivity contribution in [1.29, 1.82) is 0 Å². The molecule has 0 N–H and O–H groups in total. The van der Waals surface area contributed by atoms with E-state index >= 15 is 0 Å². The number of nitrogens with zero attached hydrogens (tertiary/aromatic N) is 1. The third kappa shape index (κ3) is 4.73. The zero-order valence-electron chi connectivity index (χ0n) is 21.4. The average Bonchev–Trinajstić information content (AvgIpc) is 3.27. The topological polar surface area (TPSA) is 3.24 Å². The van der Waals surface area contributed by atoms with E-state index in [1.54, 1.807) is 20.7 Å². The lowest BCUT2D eigenvalue weighted by molar-refractivity contribution is 0.626. The molecule has 0 amide bonds. The molecular formula is C31H36ClNSi3. The van der Waals surface area contributed by atoms with E-state index in [2.05, 4.69) is 139 Å². The van der Waals surface area contributed by atoms with Gasteiger partial charge in [-0.2, -0.15) is 11.1 Å². The number of benzene rings is 4. The van der Waals surface area contributed by atoms with E-state index in [9.17, 15) is 0 Å². The summed E-state index contributed by atoms with van der Waals surface area (Å²) in [5, 5.41) is 6.17. The molecule has 1 fully saturated rings. The monoisotopic (exact) mass is 541 g/mol. The summed E-state index contributed by atoms with van der Waals surface area (Å²) in [5.41, 5.74) is 0. The Balaban J connectivity index is 1.77. The second-order valence-corrected chi connectivity index (χ2v) is 25.9. The summed E-state index contributed by atoms with van der Waals surface area (Å²) in [7, 11) is -6.15. The molecule has 0 aromatic heterocycles. The van der Waals surface area contributed by atoms with Crippen molar-refractivity contribution in [2.75, 3.05) is 6.54 Å². The van der Waals surface area contributed by atoms with E-state index in [1.807, 2.05) is 0 Å².